The van der Waals surface area contributed by atoms with E-state index in [9.17, 15) is 9.90 Å². The summed E-state index contributed by atoms with van der Waals surface area (Å²) in [5.74, 6) is -0.456. The number of allylic oxidation sites excluding steroid dienone is 4. The first-order valence-corrected chi connectivity index (χ1v) is 5.97. The van der Waals surface area contributed by atoms with Crippen molar-refractivity contribution in [1.82, 2.24) is 0 Å². The molecule has 0 fully saturated rings. The van der Waals surface area contributed by atoms with Crippen LogP contribution in [0.4, 0.5) is 5.69 Å². The zero-order chi connectivity index (χ0) is 13.3. The van der Waals surface area contributed by atoms with Crippen LogP contribution in [0, 0.1) is 0 Å². The van der Waals surface area contributed by atoms with Crippen LogP contribution in [0.15, 0.2) is 45.4 Å². The number of hydrogen-bond donors (Lipinski definition) is 1. The Morgan fingerprint density at radius 2 is 1.63 bits per heavy atom. The maximum atomic E-state index is 11.3. The summed E-state index contributed by atoms with van der Waals surface area (Å²) in [6.45, 7) is 0. The monoisotopic (exact) mass is 325 g/mol. The SMILES string of the molecule is O=C1C(Cl)=CC(=Nc2ccc(O)c(Cl)c2)C=C1Cl.[NaH]. The van der Waals surface area contributed by atoms with Crippen molar-refractivity contribution in [2.75, 3.05) is 0 Å². The van der Waals surface area contributed by atoms with E-state index < -0.39 is 5.78 Å². The Balaban J connectivity index is 0.00000180. The van der Waals surface area contributed by atoms with Crippen molar-refractivity contribution in [3.63, 3.8) is 0 Å². The van der Waals surface area contributed by atoms with Crippen molar-refractivity contribution in [3.8, 4) is 5.75 Å². The van der Waals surface area contributed by atoms with E-state index in [0.717, 1.165) is 0 Å². The molecule has 2 rings (SSSR count). The van der Waals surface area contributed by atoms with Crippen LogP contribution in [0.3, 0.4) is 0 Å². The van der Waals surface area contributed by atoms with Gasteiger partial charge in [0.15, 0.2) is 0 Å². The van der Waals surface area contributed by atoms with Gasteiger partial charge in [-0.2, -0.15) is 0 Å². The Kier molecular flexibility index (Phi) is 6.12. The van der Waals surface area contributed by atoms with Gasteiger partial charge in [0.2, 0.25) is 5.78 Å². The summed E-state index contributed by atoms with van der Waals surface area (Å²) in [6.07, 6.45) is 2.83. The summed E-state index contributed by atoms with van der Waals surface area (Å²) >= 11 is 17.2. The van der Waals surface area contributed by atoms with Crippen molar-refractivity contribution in [2.24, 2.45) is 4.99 Å². The van der Waals surface area contributed by atoms with E-state index in [2.05, 4.69) is 4.99 Å². The number of phenolic OH excluding ortho intramolecular Hbond substituents is 1. The number of carbonyl (C=O) groups is 1. The molecule has 94 valence electrons. The van der Waals surface area contributed by atoms with E-state index in [4.69, 9.17) is 34.8 Å². The van der Waals surface area contributed by atoms with Crippen LogP contribution in [0.2, 0.25) is 5.02 Å². The van der Waals surface area contributed by atoms with Crippen molar-refractivity contribution in [1.29, 1.82) is 0 Å². The van der Waals surface area contributed by atoms with Crippen molar-refractivity contribution >= 4 is 81.5 Å². The molecule has 0 saturated carbocycles. The molecule has 19 heavy (non-hydrogen) atoms. The fourth-order valence-electron chi connectivity index (χ4n) is 1.33. The number of aromatic hydroxyl groups is 1. The molecule has 0 spiro atoms. The van der Waals surface area contributed by atoms with Gasteiger partial charge in [-0.15, -0.1) is 0 Å². The summed E-state index contributed by atoms with van der Waals surface area (Å²) < 4.78 is 0. The molecule has 1 N–H and O–H groups in total. The minimum atomic E-state index is -0.430. The molecule has 7 heteroatoms. The van der Waals surface area contributed by atoms with Gasteiger partial charge >= 0.3 is 29.6 Å². The Labute approximate surface area is 146 Å². The summed E-state index contributed by atoms with van der Waals surface area (Å²) in [4.78, 5) is 15.5. The van der Waals surface area contributed by atoms with Gasteiger partial charge in [-0.3, -0.25) is 4.79 Å². The number of ketones is 1. The second-order valence-electron chi connectivity index (χ2n) is 3.49. The fourth-order valence-corrected chi connectivity index (χ4v) is 1.98. The number of phenols is 1. The van der Waals surface area contributed by atoms with Crippen LogP contribution < -0.4 is 0 Å². The summed E-state index contributed by atoms with van der Waals surface area (Å²) in [5, 5.41) is 9.48. The Bertz CT molecular complexity index is 599. The van der Waals surface area contributed by atoms with E-state index in [0.29, 0.717) is 11.4 Å². The quantitative estimate of drug-likeness (QED) is 0.636. The first-order chi connectivity index (χ1) is 8.47. The van der Waals surface area contributed by atoms with Gasteiger partial charge in [-0.1, -0.05) is 34.8 Å². The number of carbonyl (C=O) groups excluding carboxylic acids is 1. The predicted molar refractivity (Wildman–Crippen MR) is 80.2 cm³/mol. The zero-order valence-corrected chi connectivity index (χ0v) is 11.1. The van der Waals surface area contributed by atoms with Crippen LogP contribution in [0.1, 0.15) is 0 Å². The molecule has 1 aliphatic carbocycles. The molecule has 1 aliphatic rings. The molecular weight excluding hydrogens is 319 g/mol. The van der Waals surface area contributed by atoms with Gasteiger partial charge in [0.25, 0.3) is 0 Å². The minimum absolute atomic E-state index is 0. The number of hydrogen-bond acceptors (Lipinski definition) is 3. The van der Waals surface area contributed by atoms with E-state index in [1.54, 1.807) is 6.07 Å². The van der Waals surface area contributed by atoms with Crippen LogP contribution in [0.5, 0.6) is 5.75 Å². The molecule has 1 aromatic rings. The first kappa shape index (κ1) is 16.8. The fraction of sp³-hybridized carbons (Fsp3) is 0. The van der Waals surface area contributed by atoms with E-state index in [1.807, 2.05) is 0 Å². The standard InChI is InChI=1S/C12H6Cl3NO2.Na.H/c13-8-3-6(1-2-11(8)17)16-7-4-9(14)12(18)10(15)5-7;;/h1-5,17H;;. The molecule has 0 aliphatic heterocycles. The average Bonchev–Trinajstić information content (AvgIpc) is 2.31. The molecule has 1 aromatic carbocycles. The van der Waals surface area contributed by atoms with Crippen LogP contribution >= 0.6 is 34.8 Å². The van der Waals surface area contributed by atoms with Crippen LogP contribution in [-0.4, -0.2) is 46.2 Å². The third-order valence-electron chi connectivity index (χ3n) is 2.17. The number of aliphatic imine (C=N–C) groups is 1. The summed E-state index contributed by atoms with van der Waals surface area (Å²) in [6, 6.07) is 4.49. The maximum absolute atomic E-state index is 11.3. The number of nitrogens with zero attached hydrogens (tertiary/aromatic N) is 1. The van der Waals surface area contributed by atoms with Gasteiger partial charge in [-0.25, -0.2) is 4.99 Å². The topological polar surface area (TPSA) is 49.7 Å². The first-order valence-electron chi connectivity index (χ1n) is 4.83. The van der Waals surface area contributed by atoms with Crippen molar-refractivity contribution < 1.29 is 9.90 Å². The molecule has 3 nitrogen and oxygen atoms in total. The van der Waals surface area contributed by atoms with Gasteiger partial charge in [-0.05, 0) is 30.4 Å². The zero-order valence-electron chi connectivity index (χ0n) is 8.82. The van der Waals surface area contributed by atoms with Gasteiger partial charge in [0.1, 0.15) is 5.75 Å². The Hall–Kier alpha value is -0.290. The molecule has 0 atom stereocenters. The molecule has 0 radical (unpaired) electrons. The van der Waals surface area contributed by atoms with Gasteiger partial charge in [0, 0.05) is 0 Å². The number of Topliss-reactive ketones (excluding diaryl/α,β-unsaturated/α-hetero) is 1. The van der Waals surface area contributed by atoms with Crippen molar-refractivity contribution in [2.45, 2.75) is 0 Å². The molecule has 0 unspecified atom stereocenters. The van der Waals surface area contributed by atoms with Crippen LogP contribution in [-0.2, 0) is 4.79 Å². The van der Waals surface area contributed by atoms with Crippen LogP contribution in [0.25, 0.3) is 0 Å². The van der Waals surface area contributed by atoms with Gasteiger partial charge < -0.3 is 5.11 Å². The average molecular weight is 327 g/mol. The van der Waals surface area contributed by atoms with Gasteiger partial charge in [0.05, 0.1) is 26.5 Å². The molecule has 0 saturated heterocycles. The van der Waals surface area contributed by atoms with E-state index in [-0.39, 0.29) is 50.4 Å². The number of rotatable bonds is 1. The summed E-state index contributed by atoms with van der Waals surface area (Å²) in [7, 11) is 0. The third-order valence-corrected chi connectivity index (χ3v) is 3.04. The van der Waals surface area contributed by atoms with E-state index >= 15 is 0 Å². The predicted octanol–water partition coefficient (Wildman–Crippen LogP) is 3.30. The molecular formula is C12H7Cl3NNaO2. The van der Waals surface area contributed by atoms with E-state index in [1.165, 1.54) is 24.3 Å². The van der Waals surface area contributed by atoms with Crippen molar-refractivity contribution in [3.05, 3.63) is 45.4 Å². The second kappa shape index (κ2) is 6.93. The number of halogens is 3. The molecule has 0 bridgehead atoms. The number of benzene rings is 1. The molecule has 0 aromatic heterocycles. The third kappa shape index (κ3) is 4.09. The normalized spacial score (nSPS) is 14.5. The Morgan fingerprint density at radius 1 is 1.05 bits per heavy atom. The second-order valence-corrected chi connectivity index (χ2v) is 4.71. The summed E-state index contributed by atoms with van der Waals surface area (Å²) in [5.41, 5.74) is 0.954. The Morgan fingerprint density at radius 3 is 2.16 bits per heavy atom. The molecule has 0 heterocycles. The molecule has 0 amide bonds.